The molecule has 1 fully saturated rings. The van der Waals surface area contributed by atoms with Gasteiger partial charge in [-0.1, -0.05) is 31.9 Å². The Morgan fingerprint density at radius 1 is 1.30 bits per heavy atom. The second-order valence-corrected chi connectivity index (χ2v) is 5.75. The fourth-order valence-electron chi connectivity index (χ4n) is 3.04. The molecule has 110 valence electrons. The van der Waals surface area contributed by atoms with Crippen LogP contribution in [0.4, 0.5) is 4.39 Å². The number of carbonyl (C=O) groups excluding carboxylic acids is 1. The Morgan fingerprint density at radius 3 is 2.75 bits per heavy atom. The highest BCUT2D eigenvalue weighted by Gasteiger charge is 2.23. The van der Waals surface area contributed by atoms with Crippen molar-refractivity contribution in [1.29, 1.82) is 0 Å². The molecule has 1 saturated heterocycles. The molecule has 1 atom stereocenters. The SMILES string of the molecule is CCCC1CCCCN1CC(=O)Cc1ccc(F)cc1. The van der Waals surface area contributed by atoms with Crippen LogP contribution in [0, 0.1) is 5.82 Å². The number of carbonyl (C=O) groups is 1. The summed E-state index contributed by atoms with van der Waals surface area (Å²) in [7, 11) is 0. The highest BCUT2D eigenvalue weighted by atomic mass is 19.1. The molecule has 20 heavy (non-hydrogen) atoms. The van der Waals surface area contributed by atoms with Gasteiger partial charge in [-0.05, 0) is 43.5 Å². The number of hydrogen-bond acceptors (Lipinski definition) is 2. The average Bonchev–Trinajstić information content (AvgIpc) is 2.44. The van der Waals surface area contributed by atoms with Crippen molar-refractivity contribution in [3.05, 3.63) is 35.6 Å². The first-order valence-corrected chi connectivity index (χ1v) is 7.69. The Hall–Kier alpha value is -1.22. The lowest BCUT2D eigenvalue weighted by Crippen LogP contribution is -2.42. The molecule has 0 amide bonds. The minimum Gasteiger partial charge on any atom is -0.298 e. The fraction of sp³-hybridized carbons (Fsp3) is 0.588. The number of hydrogen-bond donors (Lipinski definition) is 0. The third-order valence-electron chi connectivity index (χ3n) is 4.06. The van der Waals surface area contributed by atoms with Gasteiger partial charge in [-0.25, -0.2) is 4.39 Å². The lowest BCUT2D eigenvalue weighted by atomic mass is 9.97. The van der Waals surface area contributed by atoms with Crippen molar-refractivity contribution in [3.8, 4) is 0 Å². The van der Waals surface area contributed by atoms with E-state index in [9.17, 15) is 9.18 Å². The van der Waals surface area contributed by atoms with E-state index in [0.29, 0.717) is 19.0 Å². The summed E-state index contributed by atoms with van der Waals surface area (Å²) < 4.78 is 12.8. The smallest absolute Gasteiger partial charge is 0.151 e. The minimum atomic E-state index is -0.250. The van der Waals surface area contributed by atoms with E-state index in [1.807, 2.05) is 0 Å². The highest BCUT2D eigenvalue weighted by Crippen LogP contribution is 2.20. The molecule has 0 aliphatic carbocycles. The van der Waals surface area contributed by atoms with E-state index in [2.05, 4.69) is 11.8 Å². The molecule has 0 spiro atoms. The maximum atomic E-state index is 12.8. The zero-order valence-corrected chi connectivity index (χ0v) is 12.3. The normalized spacial score (nSPS) is 20.0. The van der Waals surface area contributed by atoms with Crippen LogP contribution in [-0.2, 0) is 11.2 Å². The molecule has 0 radical (unpaired) electrons. The van der Waals surface area contributed by atoms with Crippen LogP contribution in [0.15, 0.2) is 24.3 Å². The molecule has 1 heterocycles. The van der Waals surface area contributed by atoms with Crippen LogP contribution in [0.2, 0.25) is 0 Å². The van der Waals surface area contributed by atoms with Gasteiger partial charge in [-0.15, -0.1) is 0 Å². The first-order valence-electron chi connectivity index (χ1n) is 7.69. The van der Waals surface area contributed by atoms with Gasteiger partial charge in [-0.2, -0.15) is 0 Å². The van der Waals surface area contributed by atoms with Crippen molar-refractivity contribution in [2.45, 2.75) is 51.5 Å². The van der Waals surface area contributed by atoms with E-state index < -0.39 is 0 Å². The van der Waals surface area contributed by atoms with Gasteiger partial charge in [0, 0.05) is 12.5 Å². The summed E-state index contributed by atoms with van der Waals surface area (Å²) in [4.78, 5) is 14.5. The quantitative estimate of drug-likeness (QED) is 0.792. The number of benzene rings is 1. The molecule has 0 saturated carbocycles. The van der Waals surface area contributed by atoms with Crippen molar-refractivity contribution >= 4 is 5.78 Å². The van der Waals surface area contributed by atoms with Crippen molar-refractivity contribution < 1.29 is 9.18 Å². The third kappa shape index (κ3) is 4.41. The summed E-state index contributed by atoms with van der Waals surface area (Å²) >= 11 is 0. The number of halogens is 1. The van der Waals surface area contributed by atoms with Crippen LogP contribution in [0.1, 0.15) is 44.6 Å². The predicted octanol–water partition coefficient (Wildman–Crippen LogP) is 3.59. The van der Waals surface area contributed by atoms with Crippen molar-refractivity contribution in [2.24, 2.45) is 0 Å². The van der Waals surface area contributed by atoms with Gasteiger partial charge in [0.05, 0.1) is 6.54 Å². The van der Waals surface area contributed by atoms with Gasteiger partial charge in [0.15, 0.2) is 5.78 Å². The number of Topliss-reactive ketones (excluding diaryl/α,β-unsaturated/α-hetero) is 1. The molecule has 0 bridgehead atoms. The van der Waals surface area contributed by atoms with E-state index in [0.717, 1.165) is 12.1 Å². The maximum absolute atomic E-state index is 12.8. The summed E-state index contributed by atoms with van der Waals surface area (Å²) in [5.74, 6) is -0.0140. The van der Waals surface area contributed by atoms with E-state index in [1.54, 1.807) is 12.1 Å². The van der Waals surface area contributed by atoms with Gasteiger partial charge < -0.3 is 0 Å². The molecule has 1 aliphatic rings. The zero-order valence-electron chi connectivity index (χ0n) is 12.3. The van der Waals surface area contributed by atoms with Crippen molar-refractivity contribution in [2.75, 3.05) is 13.1 Å². The lowest BCUT2D eigenvalue weighted by molar-refractivity contribution is -0.120. The number of ketones is 1. The predicted molar refractivity (Wildman–Crippen MR) is 79.2 cm³/mol. The van der Waals surface area contributed by atoms with Gasteiger partial charge in [0.2, 0.25) is 0 Å². The maximum Gasteiger partial charge on any atom is 0.151 e. The van der Waals surface area contributed by atoms with Gasteiger partial charge in [0.25, 0.3) is 0 Å². The van der Waals surface area contributed by atoms with E-state index in [4.69, 9.17) is 0 Å². The van der Waals surface area contributed by atoms with Crippen LogP contribution in [0.3, 0.4) is 0 Å². The van der Waals surface area contributed by atoms with Crippen LogP contribution in [0.5, 0.6) is 0 Å². The molecule has 1 aliphatic heterocycles. The largest absolute Gasteiger partial charge is 0.298 e. The van der Waals surface area contributed by atoms with Crippen LogP contribution >= 0.6 is 0 Å². The summed E-state index contributed by atoms with van der Waals surface area (Å²) in [6, 6.07) is 6.82. The minimum absolute atomic E-state index is 0.236. The Kier molecular flexibility index (Phi) is 5.72. The van der Waals surface area contributed by atoms with Crippen molar-refractivity contribution in [1.82, 2.24) is 4.90 Å². The molecule has 2 rings (SSSR count). The molecular weight excluding hydrogens is 253 g/mol. The van der Waals surface area contributed by atoms with Crippen LogP contribution < -0.4 is 0 Å². The monoisotopic (exact) mass is 277 g/mol. The zero-order chi connectivity index (χ0) is 14.4. The lowest BCUT2D eigenvalue weighted by Gasteiger charge is -2.35. The second kappa shape index (κ2) is 7.53. The Labute approximate surface area is 121 Å². The topological polar surface area (TPSA) is 20.3 Å². The van der Waals surface area contributed by atoms with Gasteiger partial charge >= 0.3 is 0 Å². The Balaban J connectivity index is 1.87. The summed E-state index contributed by atoms with van der Waals surface area (Å²) in [6.45, 7) is 3.79. The molecule has 1 unspecified atom stereocenters. The van der Waals surface area contributed by atoms with E-state index in [1.165, 1.54) is 44.2 Å². The molecule has 1 aromatic carbocycles. The number of nitrogens with zero attached hydrogens (tertiary/aromatic N) is 1. The fourth-order valence-corrected chi connectivity index (χ4v) is 3.04. The average molecular weight is 277 g/mol. The standard InChI is InChI=1S/C17H24FNO/c1-2-5-16-6-3-4-11-19(16)13-17(20)12-14-7-9-15(18)10-8-14/h7-10,16H,2-6,11-13H2,1H3. The summed E-state index contributed by atoms with van der Waals surface area (Å²) in [6.07, 6.45) is 6.47. The Morgan fingerprint density at radius 2 is 2.05 bits per heavy atom. The second-order valence-electron chi connectivity index (χ2n) is 5.75. The summed E-state index contributed by atoms with van der Waals surface area (Å²) in [5, 5.41) is 0. The molecule has 0 N–H and O–H groups in total. The third-order valence-corrected chi connectivity index (χ3v) is 4.06. The molecular formula is C17H24FNO. The van der Waals surface area contributed by atoms with Crippen molar-refractivity contribution in [3.63, 3.8) is 0 Å². The van der Waals surface area contributed by atoms with Gasteiger partial charge in [0.1, 0.15) is 5.82 Å². The highest BCUT2D eigenvalue weighted by molar-refractivity contribution is 5.82. The van der Waals surface area contributed by atoms with Gasteiger partial charge in [-0.3, -0.25) is 9.69 Å². The first-order chi connectivity index (χ1) is 9.69. The molecule has 0 aromatic heterocycles. The van der Waals surface area contributed by atoms with Crippen LogP contribution in [0.25, 0.3) is 0 Å². The number of rotatable bonds is 6. The number of piperidine rings is 1. The number of likely N-dealkylation sites (tertiary alicyclic amines) is 1. The van der Waals surface area contributed by atoms with Crippen LogP contribution in [-0.4, -0.2) is 29.8 Å². The Bertz CT molecular complexity index is 427. The molecule has 3 heteroatoms. The van der Waals surface area contributed by atoms with E-state index in [-0.39, 0.29) is 11.6 Å². The summed E-state index contributed by atoms with van der Waals surface area (Å²) in [5.41, 5.74) is 0.903. The van der Waals surface area contributed by atoms with E-state index >= 15 is 0 Å². The first kappa shape index (κ1) is 15.2. The molecule has 1 aromatic rings. The molecule has 2 nitrogen and oxygen atoms in total.